The SMILES string of the molecule is CC1CN(c2cc(NC3CC3)n3ncc(CC4=NCNC4=O)c3n2)CC(C)O1. The summed E-state index contributed by atoms with van der Waals surface area (Å²) in [4.78, 5) is 23.4. The molecule has 1 amide bonds. The molecule has 148 valence electrons. The van der Waals surface area contributed by atoms with Crippen LogP contribution in [-0.4, -0.2) is 64.2 Å². The molecule has 2 fully saturated rings. The van der Waals surface area contributed by atoms with Crippen LogP contribution in [0.5, 0.6) is 0 Å². The van der Waals surface area contributed by atoms with Crippen molar-refractivity contribution in [1.29, 1.82) is 0 Å². The van der Waals surface area contributed by atoms with Crippen LogP contribution in [0.4, 0.5) is 11.6 Å². The third kappa shape index (κ3) is 3.30. The number of nitrogens with one attached hydrogen (secondary N) is 2. The van der Waals surface area contributed by atoms with Crippen molar-refractivity contribution in [1.82, 2.24) is 19.9 Å². The van der Waals surface area contributed by atoms with E-state index in [1.54, 1.807) is 6.20 Å². The number of aromatic nitrogens is 3. The first-order chi connectivity index (χ1) is 13.6. The minimum absolute atomic E-state index is 0.109. The highest BCUT2D eigenvalue weighted by Crippen LogP contribution is 2.29. The largest absolute Gasteiger partial charge is 0.372 e. The van der Waals surface area contributed by atoms with Gasteiger partial charge in [0.15, 0.2) is 5.65 Å². The molecule has 0 spiro atoms. The molecule has 2 aliphatic heterocycles. The molecular formula is C19H25N7O2. The standard InChI is InChI=1S/C19H25N7O2/c1-11-8-25(9-12(2)28-11)16-6-17(23-14-3-4-14)26-18(24-16)13(7-22-26)5-15-19(27)21-10-20-15/h6-7,11-12,14,23H,3-5,8-10H2,1-2H3,(H,21,27). The van der Waals surface area contributed by atoms with Gasteiger partial charge in [-0.2, -0.15) is 9.61 Å². The van der Waals surface area contributed by atoms with Gasteiger partial charge in [0.2, 0.25) is 0 Å². The molecule has 0 aromatic carbocycles. The molecule has 3 aliphatic rings. The third-order valence-electron chi connectivity index (χ3n) is 5.33. The zero-order valence-electron chi connectivity index (χ0n) is 16.2. The van der Waals surface area contributed by atoms with Crippen molar-refractivity contribution in [3.05, 3.63) is 17.8 Å². The van der Waals surface area contributed by atoms with Crippen LogP contribution in [0.1, 0.15) is 32.3 Å². The molecule has 2 aromatic rings. The first kappa shape index (κ1) is 17.4. The third-order valence-corrected chi connectivity index (χ3v) is 5.33. The van der Waals surface area contributed by atoms with E-state index < -0.39 is 0 Å². The highest BCUT2D eigenvalue weighted by atomic mass is 16.5. The number of hydrogen-bond donors (Lipinski definition) is 2. The minimum Gasteiger partial charge on any atom is -0.372 e. The molecule has 0 bridgehead atoms. The van der Waals surface area contributed by atoms with Crippen LogP contribution >= 0.6 is 0 Å². The fourth-order valence-corrected chi connectivity index (χ4v) is 3.88. The molecule has 1 saturated heterocycles. The molecule has 2 atom stereocenters. The molecule has 5 rings (SSSR count). The van der Waals surface area contributed by atoms with E-state index in [-0.39, 0.29) is 18.1 Å². The van der Waals surface area contributed by atoms with Crippen LogP contribution < -0.4 is 15.5 Å². The van der Waals surface area contributed by atoms with Crippen LogP contribution in [0.2, 0.25) is 0 Å². The smallest absolute Gasteiger partial charge is 0.267 e. The summed E-state index contributed by atoms with van der Waals surface area (Å²) in [5.41, 5.74) is 2.22. The number of rotatable bonds is 5. The van der Waals surface area contributed by atoms with Crippen LogP contribution in [-0.2, 0) is 16.0 Å². The van der Waals surface area contributed by atoms with Gasteiger partial charge in [-0.25, -0.2) is 4.98 Å². The molecule has 2 unspecified atom stereocenters. The predicted molar refractivity (Wildman–Crippen MR) is 106 cm³/mol. The fraction of sp³-hybridized carbons (Fsp3) is 0.579. The fourth-order valence-electron chi connectivity index (χ4n) is 3.88. The summed E-state index contributed by atoms with van der Waals surface area (Å²) in [7, 11) is 0. The Hall–Kier alpha value is -2.68. The molecule has 9 heteroatoms. The van der Waals surface area contributed by atoms with Gasteiger partial charge in [-0.1, -0.05) is 0 Å². The Bertz CT molecular complexity index is 939. The van der Waals surface area contributed by atoms with E-state index in [0.717, 1.165) is 35.9 Å². The number of aliphatic imine (C=N–C) groups is 1. The number of nitrogens with zero attached hydrogens (tertiary/aromatic N) is 5. The number of carbonyl (C=O) groups excluding carboxylic acids is 1. The minimum atomic E-state index is -0.109. The summed E-state index contributed by atoms with van der Waals surface area (Å²) in [5, 5.41) is 10.8. The van der Waals surface area contributed by atoms with Gasteiger partial charge in [-0.05, 0) is 26.7 Å². The van der Waals surface area contributed by atoms with Crippen LogP contribution in [0.3, 0.4) is 0 Å². The van der Waals surface area contributed by atoms with Crippen molar-refractivity contribution in [2.45, 2.75) is 51.4 Å². The van der Waals surface area contributed by atoms with Crippen molar-refractivity contribution in [2.75, 3.05) is 30.0 Å². The number of carbonyl (C=O) groups is 1. The van der Waals surface area contributed by atoms with Crippen molar-refractivity contribution in [3.63, 3.8) is 0 Å². The summed E-state index contributed by atoms with van der Waals surface area (Å²) >= 11 is 0. The van der Waals surface area contributed by atoms with Crippen molar-refractivity contribution in [2.24, 2.45) is 4.99 Å². The van der Waals surface area contributed by atoms with Gasteiger partial charge in [-0.15, -0.1) is 0 Å². The van der Waals surface area contributed by atoms with Gasteiger partial charge in [0.05, 0.1) is 18.4 Å². The Kier molecular flexibility index (Phi) is 4.19. The molecule has 1 aliphatic carbocycles. The highest BCUT2D eigenvalue weighted by Gasteiger charge is 2.27. The Morgan fingerprint density at radius 3 is 2.75 bits per heavy atom. The van der Waals surface area contributed by atoms with Gasteiger partial charge in [0.25, 0.3) is 5.91 Å². The maximum absolute atomic E-state index is 11.9. The molecule has 2 aromatic heterocycles. The zero-order valence-corrected chi connectivity index (χ0v) is 16.2. The summed E-state index contributed by atoms with van der Waals surface area (Å²) in [5.74, 6) is 1.75. The van der Waals surface area contributed by atoms with Crippen molar-refractivity contribution >= 4 is 28.9 Å². The second kappa shape index (κ2) is 6.73. The summed E-state index contributed by atoms with van der Waals surface area (Å²) in [6.07, 6.45) is 4.89. The maximum Gasteiger partial charge on any atom is 0.267 e. The van der Waals surface area contributed by atoms with E-state index in [1.165, 1.54) is 12.8 Å². The Labute approximate surface area is 163 Å². The van der Waals surface area contributed by atoms with Gasteiger partial charge in [-0.3, -0.25) is 9.79 Å². The predicted octanol–water partition coefficient (Wildman–Crippen LogP) is 0.988. The van der Waals surface area contributed by atoms with Gasteiger partial charge in [0, 0.05) is 37.2 Å². The average molecular weight is 383 g/mol. The number of amides is 1. The summed E-state index contributed by atoms with van der Waals surface area (Å²) in [6.45, 7) is 6.13. The number of fused-ring (bicyclic) bond motifs is 1. The molecule has 1 saturated carbocycles. The molecule has 0 radical (unpaired) electrons. The molecular weight excluding hydrogens is 358 g/mol. The highest BCUT2D eigenvalue weighted by molar-refractivity contribution is 6.40. The Morgan fingerprint density at radius 1 is 1.29 bits per heavy atom. The van der Waals surface area contributed by atoms with E-state index in [0.29, 0.717) is 24.8 Å². The van der Waals surface area contributed by atoms with E-state index in [4.69, 9.17) is 9.72 Å². The molecule has 2 N–H and O–H groups in total. The first-order valence-corrected chi connectivity index (χ1v) is 9.93. The van der Waals surface area contributed by atoms with E-state index in [2.05, 4.69) is 45.5 Å². The Morgan fingerprint density at radius 2 is 2.07 bits per heavy atom. The van der Waals surface area contributed by atoms with Crippen molar-refractivity contribution < 1.29 is 9.53 Å². The second-order valence-electron chi connectivity index (χ2n) is 7.93. The van der Waals surface area contributed by atoms with E-state index in [9.17, 15) is 4.79 Å². The quantitative estimate of drug-likeness (QED) is 0.799. The maximum atomic E-state index is 11.9. The molecule has 4 heterocycles. The lowest BCUT2D eigenvalue weighted by molar-refractivity contribution is -0.114. The van der Waals surface area contributed by atoms with Crippen LogP contribution in [0.25, 0.3) is 5.65 Å². The number of ether oxygens (including phenoxy) is 1. The molecule has 9 nitrogen and oxygen atoms in total. The van der Waals surface area contributed by atoms with Crippen LogP contribution in [0.15, 0.2) is 17.3 Å². The first-order valence-electron chi connectivity index (χ1n) is 9.93. The van der Waals surface area contributed by atoms with E-state index >= 15 is 0 Å². The number of morpholine rings is 1. The zero-order chi connectivity index (χ0) is 19.3. The topological polar surface area (TPSA) is 96.2 Å². The van der Waals surface area contributed by atoms with Gasteiger partial charge >= 0.3 is 0 Å². The lowest BCUT2D eigenvalue weighted by atomic mass is 10.1. The average Bonchev–Trinajstić information content (AvgIpc) is 3.24. The Balaban J connectivity index is 1.54. The normalized spacial score (nSPS) is 25.1. The van der Waals surface area contributed by atoms with E-state index in [1.807, 2.05) is 4.52 Å². The van der Waals surface area contributed by atoms with Crippen LogP contribution in [0, 0.1) is 0 Å². The van der Waals surface area contributed by atoms with Gasteiger partial charge in [0.1, 0.15) is 24.0 Å². The lowest BCUT2D eigenvalue weighted by Gasteiger charge is -2.36. The number of hydrogen-bond acceptors (Lipinski definition) is 7. The molecule has 28 heavy (non-hydrogen) atoms. The monoisotopic (exact) mass is 383 g/mol. The van der Waals surface area contributed by atoms with Gasteiger partial charge < -0.3 is 20.3 Å². The second-order valence-corrected chi connectivity index (χ2v) is 7.93. The summed E-state index contributed by atoms with van der Waals surface area (Å²) < 4.78 is 7.72. The summed E-state index contributed by atoms with van der Waals surface area (Å²) in [6, 6.07) is 2.57. The van der Waals surface area contributed by atoms with Crippen molar-refractivity contribution in [3.8, 4) is 0 Å². The number of anilines is 2. The lowest BCUT2D eigenvalue weighted by Crippen LogP contribution is -2.46.